The van der Waals surface area contributed by atoms with E-state index in [-0.39, 0.29) is 11.8 Å². The number of halogens is 2. The van der Waals surface area contributed by atoms with Gasteiger partial charge in [-0.1, -0.05) is 48.0 Å². The highest BCUT2D eigenvalue weighted by molar-refractivity contribution is 8.03. The van der Waals surface area contributed by atoms with Gasteiger partial charge in [0.25, 0.3) is 5.91 Å². The van der Waals surface area contributed by atoms with Gasteiger partial charge in [0.2, 0.25) is 10.8 Å². The molecule has 2 heterocycles. The van der Waals surface area contributed by atoms with Crippen LogP contribution >= 0.6 is 23.4 Å². The van der Waals surface area contributed by atoms with Crippen molar-refractivity contribution in [3.63, 3.8) is 0 Å². The summed E-state index contributed by atoms with van der Waals surface area (Å²) in [5.41, 5.74) is 2.78. The molecule has 1 fully saturated rings. The van der Waals surface area contributed by atoms with E-state index in [2.05, 4.69) is 0 Å². The zero-order valence-corrected chi connectivity index (χ0v) is 18.2. The number of fused-ring (bicyclic) bond motifs is 2. The van der Waals surface area contributed by atoms with Gasteiger partial charge in [0.1, 0.15) is 5.82 Å². The predicted octanol–water partition coefficient (Wildman–Crippen LogP) is 5.35. The van der Waals surface area contributed by atoms with E-state index in [9.17, 15) is 14.0 Å². The summed E-state index contributed by atoms with van der Waals surface area (Å²) >= 11 is 7.31. The molecule has 2 aliphatic heterocycles. The number of carbonyl (C=O) groups is 2. The topological polar surface area (TPSA) is 40.6 Å². The number of hydrogen-bond donors (Lipinski definition) is 0. The van der Waals surface area contributed by atoms with E-state index in [1.807, 2.05) is 36.4 Å². The molecule has 5 rings (SSSR count). The molecule has 1 spiro atoms. The van der Waals surface area contributed by atoms with Crippen LogP contribution in [0.5, 0.6) is 0 Å². The van der Waals surface area contributed by atoms with Crippen LogP contribution < -0.4 is 9.80 Å². The molecule has 0 unspecified atom stereocenters. The second-order valence-corrected chi connectivity index (χ2v) is 9.56. The van der Waals surface area contributed by atoms with Crippen molar-refractivity contribution < 1.29 is 14.0 Å². The van der Waals surface area contributed by atoms with E-state index in [1.165, 1.54) is 28.8 Å². The van der Waals surface area contributed by atoms with Gasteiger partial charge >= 0.3 is 0 Å². The van der Waals surface area contributed by atoms with Crippen LogP contribution in [0.1, 0.15) is 18.1 Å². The van der Waals surface area contributed by atoms with Crippen LogP contribution in [0.2, 0.25) is 5.02 Å². The van der Waals surface area contributed by atoms with Crippen LogP contribution in [-0.4, -0.2) is 17.1 Å². The third-order valence-electron chi connectivity index (χ3n) is 5.65. The molecular formula is C24H18ClFN2O2S. The van der Waals surface area contributed by atoms with Gasteiger partial charge in [-0.15, -0.1) is 11.8 Å². The van der Waals surface area contributed by atoms with Gasteiger partial charge in [0, 0.05) is 16.3 Å². The highest BCUT2D eigenvalue weighted by Gasteiger charge is 2.63. The van der Waals surface area contributed by atoms with Crippen LogP contribution in [-0.2, 0) is 21.0 Å². The molecule has 1 saturated heterocycles. The Morgan fingerprint density at radius 2 is 1.77 bits per heavy atom. The molecule has 0 aromatic heterocycles. The summed E-state index contributed by atoms with van der Waals surface area (Å²) in [5.74, 6) is -0.885. The monoisotopic (exact) mass is 452 g/mol. The smallest absolute Gasteiger partial charge is 0.269 e. The third kappa shape index (κ3) is 3.05. The molecule has 0 radical (unpaired) electrons. The van der Waals surface area contributed by atoms with Crippen LogP contribution in [0.3, 0.4) is 0 Å². The summed E-state index contributed by atoms with van der Waals surface area (Å²) in [6.45, 7) is 2.13. The molecule has 2 amide bonds. The lowest BCUT2D eigenvalue weighted by molar-refractivity contribution is -0.124. The normalized spacial score (nSPS) is 22.5. The van der Waals surface area contributed by atoms with Crippen molar-refractivity contribution in [2.45, 2.75) is 23.6 Å². The van der Waals surface area contributed by atoms with Crippen LogP contribution in [0.15, 0.2) is 72.8 Å². The van der Waals surface area contributed by atoms with E-state index >= 15 is 0 Å². The molecule has 31 heavy (non-hydrogen) atoms. The lowest BCUT2D eigenvalue weighted by Gasteiger charge is -2.33. The Morgan fingerprint density at radius 1 is 1.03 bits per heavy atom. The Labute approximate surface area is 188 Å². The van der Waals surface area contributed by atoms with E-state index in [1.54, 1.807) is 36.1 Å². The molecule has 2 atom stereocenters. The molecule has 0 bridgehead atoms. The van der Waals surface area contributed by atoms with Gasteiger partial charge in [0.15, 0.2) is 0 Å². The lowest BCUT2D eigenvalue weighted by atomic mass is 10.0. The minimum Gasteiger partial charge on any atom is -0.304 e. The van der Waals surface area contributed by atoms with Crippen molar-refractivity contribution in [2.75, 3.05) is 9.80 Å². The maximum Gasteiger partial charge on any atom is 0.269 e. The molecular weight excluding hydrogens is 435 g/mol. The van der Waals surface area contributed by atoms with E-state index in [4.69, 9.17) is 11.6 Å². The third-order valence-corrected chi connectivity index (χ3v) is 7.37. The summed E-state index contributed by atoms with van der Waals surface area (Å²) in [7, 11) is 0. The minimum atomic E-state index is -1.27. The number of benzene rings is 3. The molecule has 4 nitrogen and oxygen atoms in total. The van der Waals surface area contributed by atoms with Gasteiger partial charge in [-0.05, 0) is 48.9 Å². The van der Waals surface area contributed by atoms with Crippen molar-refractivity contribution in [3.05, 3.63) is 94.8 Å². The Balaban J connectivity index is 1.66. The van der Waals surface area contributed by atoms with Gasteiger partial charge in [-0.3, -0.25) is 14.5 Å². The first kappa shape index (κ1) is 20.1. The first-order valence-corrected chi connectivity index (χ1v) is 11.1. The Hall–Kier alpha value is -2.83. The molecule has 7 heteroatoms. The summed E-state index contributed by atoms with van der Waals surface area (Å²) in [6, 6.07) is 20.7. The zero-order valence-electron chi connectivity index (χ0n) is 16.6. The number of nitrogens with zero attached hydrogens (tertiary/aromatic N) is 2. The van der Waals surface area contributed by atoms with Gasteiger partial charge < -0.3 is 4.90 Å². The largest absolute Gasteiger partial charge is 0.304 e. The number of carbonyl (C=O) groups excluding carboxylic acids is 2. The standard InChI is InChI=1S/C24H18ClFN2O2S/c1-15-22(29)28(19-6-4-5-18(26)13-19)24(31-15)20-7-2-3-8-21(20)27(23(24)30)14-16-9-11-17(25)12-10-16/h2-13,15H,14H2,1H3/t15-,24-/m1/s1. The molecule has 0 N–H and O–H groups in total. The number of amides is 2. The second kappa shape index (κ2) is 7.39. The van der Waals surface area contributed by atoms with Gasteiger partial charge in [-0.25, -0.2) is 4.39 Å². The lowest BCUT2D eigenvalue weighted by Crippen LogP contribution is -2.49. The van der Waals surface area contributed by atoms with Crippen molar-refractivity contribution >= 4 is 46.6 Å². The second-order valence-electron chi connectivity index (χ2n) is 7.59. The summed E-state index contributed by atoms with van der Waals surface area (Å²) in [5, 5.41) is 0.173. The molecule has 2 aliphatic rings. The van der Waals surface area contributed by atoms with Crippen LogP contribution in [0.4, 0.5) is 15.8 Å². The maximum absolute atomic E-state index is 14.1. The fourth-order valence-electron chi connectivity index (χ4n) is 4.28. The Kier molecular flexibility index (Phi) is 4.79. The molecule has 0 saturated carbocycles. The average molecular weight is 453 g/mol. The van der Waals surface area contributed by atoms with Crippen molar-refractivity contribution in [1.82, 2.24) is 0 Å². The summed E-state index contributed by atoms with van der Waals surface area (Å²) < 4.78 is 14.1. The van der Waals surface area contributed by atoms with Crippen molar-refractivity contribution in [1.29, 1.82) is 0 Å². The minimum absolute atomic E-state index is 0.212. The number of para-hydroxylation sites is 1. The fraction of sp³-hybridized carbons (Fsp3) is 0.167. The quantitative estimate of drug-likeness (QED) is 0.538. The highest BCUT2D eigenvalue weighted by atomic mass is 35.5. The summed E-state index contributed by atoms with van der Waals surface area (Å²) in [4.78, 5) is 29.1. The number of anilines is 2. The van der Waals surface area contributed by atoms with Gasteiger partial charge in [0.05, 0.1) is 17.5 Å². The number of rotatable bonds is 3. The zero-order chi connectivity index (χ0) is 21.8. The molecule has 156 valence electrons. The first-order chi connectivity index (χ1) is 14.9. The Bertz CT molecular complexity index is 1200. The van der Waals surface area contributed by atoms with E-state index in [0.717, 1.165) is 16.8 Å². The summed E-state index contributed by atoms with van der Waals surface area (Å²) in [6.07, 6.45) is 0. The van der Waals surface area contributed by atoms with Crippen LogP contribution in [0, 0.1) is 5.82 Å². The van der Waals surface area contributed by atoms with Crippen molar-refractivity contribution in [2.24, 2.45) is 0 Å². The SMILES string of the molecule is C[C@H]1S[C@]2(C(=O)N(Cc3ccc(Cl)cc3)c3ccccc32)N(c2cccc(F)c2)C1=O. The Morgan fingerprint density at radius 3 is 2.52 bits per heavy atom. The average Bonchev–Trinajstić information content (AvgIpc) is 3.16. The van der Waals surface area contributed by atoms with Crippen molar-refractivity contribution in [3.8, 4) is 0 Å². The van der Waals surface area contributed by atoms with E-state index < -0.39 is 15.9 Å². The maximum atomic E-state index is 14.1. The molecule has 3 aromatic rings. The first-order valence-electron chi connectivity index (χ1n) is 9.85. The number of hydrogen-bond acceptors (Lipinski definition) is 3. The number of thioether (sulfide) groups is 1. The predicted molar refractivity (Wildman–Crippen MR) is 122 cm³/mol. The van der Waals surface area contributed by atoms with Crippen LogP contribution in [0.25, 0.3) is 0 Å². The fourth-order valence-corrected chi connectivity index (χ4v) is 5.94. The van der Waals surface area contributed by atoms with E-state index in [0.29, 0.717) is 17.3 Å². The molecule has 0 aliphatic carbocycles. The van der Waals surface area contributed by atoms with Gasteiger partial charge in [-0.2, -0.15) is 0 Å². The molecule has 3 aromatic carbocycles. The highest BCUT2D eigenvalue weighted by Crippen LogP contribution is 2.58.